The molecular formula is C14H26Cl2O2Si2. The molecule has 0 saturated heterocycles. The van der Waals surface area contributed by atoms with Gasteiger partial charge in [-0.3, -0.25) is 0 Å². The molecule has 0 amide bonds. The number of hydrogen-bond acceptors (Lipinski definition) is 2. The summed E-state index contributed by atoms with van der Waals surface area (Å²) < 4.78 is 11.4. The van der Waals surface area contributed by atoms with Crippen LogP contribution in [0.1, 0.15) is 13.8 Å². The average molecular weight is 353 g/mol. The maximum atomic E-state index is 6.54. The molecular weight excluding hydrogens is 327 g/mol. The molecule has 6 heteroatoms. The lowest BCUT2D eigenvalue weighted by Crippen LogP contribution is -2.31. The van der Waals surface area contributed by atoms with Gasteiger partial charge in [0.25, 0.3) is 15.3 Å². The van der Waals surface area contributed by atoms with Gasteiger partial charge in [0.1, 0.15) is 0 Å². The molecule has 0 bridgehead atoms. The van der Waals surface area contributed by atoms with E-state index in [9.17, 15) is 0 Å². The second-order valence-electron chi connectivity index (χ2n) is 4.50. The van der Waals surface area contributed by atoms with Crippen molar-refractivity contribution in [3.05, 3.63) is 37.5 Å². The highest BCUT2D eigenvalue weighted by Gasteiger charge is 2.31. The average Bonchev–Trinajstić information content (AvgIpc) is 2.36. The second kappa shape index (κ2) is 10.8. The van der Waals surface area contributed by atoms with Crippen molar-refractivity contribution in [2.45, 2.75) is 38.0 Å². The zero-order chi connectivity index (χ0) is 15.5. The number of hydrogen-bond donors (Lipinski definition) is 0. The zero-order valence-electron chi connectivity index (χ0n) is 12.5. The first-order valence-corrected chi connectivity index (χ1v) is 13.6. The van der Waals surface area contributed by atoms with Crippen LogP contribution in [0.3, 0.4) is 0 Å². The molecule has 20 heavy (non-hydrogen) atoms. The molecule has 0 N–H and O–H groups in total. The van der Waals surface area contributed by atoms with E-state index in [1.165, 1.54) is 0 Å². The SMILES string of the molecule is C=CC[Si](Cl)(CC=CC[Si](Cl)(CC=C)OCC)OCC. The lowest BCUT2D eigenvalue weighted by atomic mass is 10.6. The summed E-state index contributed by atoms with van der Waals surface area (Å²) in [4.78, 5) is 0. The molecule has 0 aliphatic carbocycles. The summed E-state index contributed by atoms with van der Waals surface area (Å²) in [5.41, 5.74) is 0. The van der Waals surface area contributed by atoms with E-state index in [1.54, 1.807) is 0 Å². The fraction of sp³-hybridized carbons (Fsp3) is 0.571. The molecule has 0 aromatic heterocycles. The largest absolute Gasteiger partial charge is 0.403 e. The van der Waals surface area contributed by atoms with Crippen LogP contribution in [0.25, 0.3) is 0 Å². The lowest BCUT2D eigenvalue weighted by Gasteiger charge is -2.22. The summed E-state index contributed by atoms with van der Waals surface area (Å²) in [7, 11) is -4.41. The van der Waals surface area contributed by atoms with Crippen molar-refractivity contribution in [1.29, 1.82) is 0 Å². The van der Waals surface area contributed by atoms with Gasteiger partial charge in [-0.15, -0.1) is 35.3 Å². The van der Waals surface area contributed by atoms with Gasteiger partial charge >= 0.3 is 0 Å². The van der Waals surface area contributed by atoms with E-state index >= 15 is 0 Å². The van der Waals surface area contributed by atoms with E-state index in [-0.39, 0.29) is 0 Å². The van der Waals surface area contributed by atoms with Crippen LogP contribution in [0.15, 0.2) is 37.5 Å². The smallest absolute Gasteiger partial charge is 0.297 e. The van der Waals surface area contributed by atoms with Crippen LogP contribution in [-0.2, 0) is 8.85 Å². The summed E-state index contributed by atoms with van der Waals surface area (Å²) in [5.74, 6) is 0. The number of rotatable bonds is 12. The first kappa shape index (κ1) is 20.2. The summed E-state index contributed by atoms with van der Waals surface area (Å²) in [6.07, 6.45) is 7.82. The van der Waals surface area contributed by atoms with E-state index in [1.807, 2.05) is 26.0 Å². The van der Waals surface area contributed by atoms with Crippen LogP contribution in [0.5, 0.6) is 0 Å². The Labute approximate surface area is 135 Å². The van der Waals surface area contributed by atoms with E-state index in [4.69, 9.17) is 31.0 Å². The number of halogens is 2. The molecule has 0 saturated carbocycles. The number of allylic oxidation sites excluding steroid dienone is 4. The summed E-state index contributed by atoms with van der Waals surface area (Å²) >= 11 is 13.1. The minimum atomic E-state index is -2.20. The van der Waals surface area contributed by atoms with Gasteiger partial charge in [0.2, 0.25) is 0 Å². The van der Waals surface area contributed by atoms with E-state index in [2.05, 4.69) is 25.3 Å². The quantitative estimate of drug-likeness (QED) is 0.267. The Kier molecular flexibility index (Phi) is 10.9. The van der Waals surface area contributed by atoms with Gasteiger partial charge in [-0.2, -0.15) is 0 Å². The first-order chi connectivity index (χ1) is 9.45. The molecule has 0 fully saturated rings. The Morgan fingerprint density at radius 2 is 1.15 bits per heavy atom. The van der Waals surface area contributed by atoms with Gasteiger partial charge in [0.05, 0.1) is 0 Å². The normalized spacial score (nSPS) is 17.6. The molecule has 2 atom stereocenters. The van der Waals surface area contributed by atoms with Crippen LogP contribution in [-0.4, -0.2) is 28.5 Å². The van der Waals surface area contributed by atoms with Crippen LogP contribution in [0.2, 0.25) is 24.2 Å². The van der Waals surface area contributed by atoms with Crippen molar-refractivity contribution in [3.8, 4) is 0 Å². The third-order valence-corrected chi connectivity index (χ3v) is 10.3. The minimum absolute atomic E-state index is 0.640. The highest BCUT2D eigenvalue weighted by atomic mass is 35.6. The van der Waals surface area contributed by atoms with Crippen molar-refractivity contribution in [1.82, 2.24) is 0 Å². The molecule has 0 aromatic rings. The Morgan fingerprint density at radius 3 is 1.40 bits per heavy atom. The molecule has 0 aliphatic rings. The van der Waals surface area contributed by atoms with E-state index in [0.717, 1.165) is 24.2 Å². The van der Waals surface area contributed by atoms with Crippen LogP contribution in [0, 0.1) is 0 Å². The fourth-order valence-corrected chi connectivity index (χ4v) is 7.45. The second-order valence-corrected chi connectivity index (χ2v) is 14.4. The Bertz CT molecular complexity index is 296. The summed E-state index contributed by atoms with van der Waals surface area (Å²) in [6.45, 7) is 12.7. The molecule has 2 nitrogen and oxygen atoms in total. The predicted molar refractivity (Wildman–Crippen MR) is 95.2 cm³/mol. The molecule has 0 aliphatic heterocycles. The monoisotopic (exact) mass is 352 g/mol. The summed E-state index contributed by atoms with van der Waals surface area (Å²) in [6, 6.07) is 3.01. The molecule has 0 rings (SSSR count). The lowest BCUT2D eigenvalue weighted by molar-refractivity contribution is 0.337. The topological polar surface area (TPSA) is 18.5 Å². The maximum absolute atomic E-state index is 6.54. The highest BCUT2D eigenvalue weighted by Crippen LogP contribution is 2.26. The van der Waals surface area contributed by atoms with Gasteiger partial charge in [0, 0.05) is 13.2 Å². The van der Waals surface area contributed by atoms with Crippen molar-refractivity contribution in [3.63, 3.8) is 0 Å². The van der Waals surface area contributed by atoms with Crippen LogP contribution < -0.4 is 0 Å². The van der Waals surface area contributed by atoms with E-state index in [0.29, 0.717) is 13.2 Å². The van der Waals surface area contributed by atoms with Gasteiger partial charge < -0.3 is 8.85 Å². The molecule has 2 unspecified atom stereocenters. The van der Waals surface area contributed by atoms with Crippen LogP contribution in [0.4, 0.5) is 0 Å². The zero-order valence-corrected chi connectivity index (χ0v) is 16.1. The molecule has 0 radical (unpaired) electrons. The highest BCUT2D eigenvalue weighted by molar-refractivity contribution is 7.17. The summed E-state index contributed by atoms with van der Waals surface area (Å²) in [5, 5.41) is 0. The Morgan fingerprint density at radius 1 is 0.800 bits per heavy atom. The Hall–Kier alpha value is 0.154. The van der Waals surface area contributed by atoms with Crippen molar-refractivity contribution in [2.24, 2.45) is 0 Å². The first-order valence-electron chi connectivity index (χ1n) is 6.97. The molecule has 0 aromatic carbocycles. The van der Waals surface area contributed by atoms with Crippen molar-refractivity contribution < 1.29 is 8.85 Å². The van der Waals surface area contributed by atoms with Crippen molar-refractivity contribution in [2.75, 3.05) is 13.2 Å². The molecule has 0 spiro atoms. The van der Waals surface area contributed by atoms with E-state index < -0.39 is 15.3 Å². The standard InChI is InChI=1S/C14H26Cl2O2Si2/c1-5-11-19(15,17-7-3)13-9-10-14-20(16,12-6-2)18-8-4/h5-6,9-10H,1-2,7-8,11-14H2,3-4H3. The molecule has 116 valence electrons. The fourth-order valence-electron chi connectivity index (χ4n) is 1.87. The van der Waals surface area contributed by atoms with Crippen molar-refractivity contribution >= 4 is 37.4 Å². The minimum Gasteiger partial charge on any atom is -0.403 e. The van der Waals surface area contributed by atoms with Gasteiger partial charge in [-0.05, 0) is 38.0 Å². The molecule has 0 heterocycles. The Balaban J connectivity index is 4.46. The third-order valence-electron chi connectivity index (χ3n) is 2.72. The van der Waals surface area contributed by atoms with Gasteiger partial charge in [0.15, 0.2) is 0 Å². The maximum Gasteiger partial charge on any atom is 0.297 e. The third kappa shape index (κ3) is 8.44. The van der Waals surface area contributed by atoms with Gasteiger partial charge in [-0.25, -0.2) is 0 Å². The van der Waals surface area contributed by atoms with Crippen LogP contribution >= 0.6 is 22.2 Å². The van der Waals surface area contributed by atoms with Gasteiger partial charge in [-0.1, -0.05) is 24.3 Å². The predicted octanol–water partition coefficient (Wildman–Crippen LogP) is 5.35.